The first kappa shape index (κ1) is 23.6. The third-order valence-corrected chi connectivity index (χ3v) is 6.51. The molecule has 1 amide bonds. The van der Waals surface area contributed by atoms with Gasteiger partial charge in [-0.2, -0.15) is 0 Å². The Morgan fingerprint density at radius 3 is 2.45 bits per heavy atom. The molecule has 168 valence electrons. The van der Waals surface area contributed by atoms with Crippen LogP contribution in [-0.2, 0) is 9.53 Å². The van der Waals surface area contributed by atoms with E-state index in [1.807, 2.05) is 48.2 Å². The fourth-order valence-corrected chi connectivity index (χ4v) is 4.75. The van der Waals surface area contributed by atoms with Gasteiger partial charge in [-0.05, 0) is 86.9 Å². The summed E-state index contributed by atoms with van der Waals surface area (Å²) < 4.78 is 11.3. The number of anilines is 1. The molecule has 3 rings (SSSR count). The van der Waals surface area contributed by atoms with Crippen molar-refractivity contribution in [1.82, 2.24) is 0 Å². The zero-order chi connectivity index (χ0) is 22.4. The van der Waals surface area contributed by atoms with Crippen LogP contribution in [0.25, 0.3) is 0 Å². The van der Waals surface area contributed by atoms with E-state index >= 15 is 0 Å². The van der Waals surface area contributed by atoms with Gasteiger partial charge in [0.25, 0.3) is 0 Å². The number of nitrogens with zero attached hydrogens (tertiary/aromatic N) is 1. The van der Waals surface area contributed by atoms with E-state index in [9.17, 15) is 4.79 Å². The van der Waals surface area contributed by atoms with Crippen LogP contribution in [0.1, 0.15) is 57.9 Å². The molecule has 0 saturated carbocycles. The Morgan fingerprint density at radius 2 is 1.87 bits per heavy atom. The van der Waals surface area contributed by atoms with Crippen LogP contribution in [0.3, 0.4) is 0 Å². The molecule has 2 aromatic rings. The second-order valence-electron chi connectivity index (χ2n) is 8.90. The molecular formula is C26H34ClNO3. The molecule has 4 nitrogen and oxygen atoms in total. The largest absolute Gasteiger partial charge is 0.497 e. The SMILES string of the molecule is CCC(=O)N(CCC(c1ccc(OC)cc1)C1CCOC(C)(C)C1)c1ccc(Cl)cc1. The molecule has 0 aromatic heterocycles. The number of halogens is 1. The van der Waals surface area contributed by atoms with Gasteiger partial charge in [0.1, 0.15) is 5.75 Å². The molecule has 1 aliphatic heterocycles. The third kappa shape index (κ3) is 6.24. The summed E-state index contributed by atoms with van der Waals surface area (Å²) in [6.45, 7) is 7.70. The van der Waals surface area contributed by atoms with E-state index in [0.717, 1.165) is 37.3 Å². The van der Waals surface area contributed by atoms with Crippen molar-refractivity contribution in [2.45, 2.75) is 58.0 Å². The number of benzene rings is 2. The highest BCUT2D eigenvalue weighted by Gasteiger charge is 2.34. The molecule has 0 aliphatic carbocycles. The summed E-state index contributed by atoms with van der Waals surface area (Å²) in [5.41, 5.74) is 2.07. The number of carbonyl (C=O) groups is 1. The minimum absolute atomic E-state index is 0.122. The maximum Gasteiger partial charge on any atom is 0.226 e. The van der Waals surface area contributed by atoms with Gasteiger partial charge in [0.05, 0.1) is 12.7 Å². The summed E-state index contributed by atoms with van der Waals surface area (Å²) in [4.78, 5) is 14.7. The maximum absolute atomic E-state index is 12.8. The molecule has 2 unspecified atom stereocenters. The molecule has 5 heteroatoms. The molecular weight excluding hydrogens is 410 g/mol. The number of hydrogen-bond acceptors (Lipinski definition) is 3. The Hall–Kier alpha value is -2.04. The second-order valence-corrected chi connectivity index (χ2v) is 9.34. The molecule has 31 heavy (non-hydrogen) atoms. The predicted octanol–water partition coefficient (Wildman–Crippen LogP) is 6.47. The van der Waals surface area contributed by atoms with E-state index in [-0.39, 0.29) is 11.5 Å². The number of amides is 1. The Morgan fingerprint density at radius 1 is 1.19 bits per heavy atom. The van der Waals surface area contributed by atoms with Gasteiger partial charge < -0.3 is 14.4 Å². The molecule has 2 atom stereocenters. The zero-order valence-electron chi connectivity index (χ0n) is 19.1. The van der Waals surface area contributed by atoms with Crippen molar-refractivity contribution >= 4 is 23.2 Å². The minimum Gasteiger partial charge on any atom is -0.497 e. The molecule has 0 spiro atoms. The fourth-order valence-electron chi connectivity index (χ4n) is 4.63. The Balaban J connectivity index is 1.85. The van der Waals surface area contributed by atoms with Crippen LogP contribution in [0.4, 0.5) is 5.69 Å². The van der Waals surface area contributed by atoms with E-state index in [2.05, 4.69) is 26.0 Å². The van der Waals surface area contributed by atoms with Crippen molar-refractivity contribution in [3.8, 4) is 5.75 Å². The molecule has 0 radical (unpaired) electrons. The standard InChI is InChI=1S/C26H34ClNO3/c1-5-25(29)28(22-10-8-21(27)9-11-22)16-14-24(19-6-12-23(30-4)13-7-19)20-15-17-31-26(2,3)18-20/h6-13,20,24H,5,14-18H2,1-4H3. The van der Waals surface area contributed by atoms with Crippen LogP contribution in [0.5, 0.6) is 5.75 Å². The van der Waals surface area contributed by atoms with Crippen molar-refractivity contribution in [2.75, 3.05) is 25.2 Å². The van der Waals surface area contributed by atoms with Gasteiger partial charge in [0, 0.05) is 30.3 Å². The number of carbonyl (C=O) groups excluding carboxylic acids is 1. The van der Waals surface area contributed by atoms with E-state index in [0.29, 0.717) is 29.8 Å². The summed E-state index contributed by atoms with van der Waals surface area (Å²) in [5.74, 6) is 1.83. The lowest BCUT2D eigenvalue weighted by molar-refractivity contribution is -0.118. The van der Waals surface area contributed by atoms with Gasteiger partial charge in [-0.15, -0.1) is 0 Å². The third-order valence-electron chi connectivity index (χ3n) is 6.25. The topological polar surface area (TPSA) is 38.8 Å². The lowest BCUT2D eigenvalue weighted by atomic mass is 9.75. The summed E-state index contributed by atoms with van der Waals surface area (Å²) >= 11 is 6.06. The Labute approximate surface area is 191 Å². The average Bonchev–Trinajstić information content (AvgIpc) is 2.76. The van der Waals surface area contributed by atoms with Gasteiger partial charge in [-0.3, -0.25) is 4.79 Å². The lowest BCUT2D eigenvalue weighted by Gasteiger charge is -2.40. The van der Waals surface area contributed by atoms with Crippen molar-refractivity contribution in [2.24, 2.45) is 5.92 Å². The van der Waals surface area contributed by atoms with Gasteiger partial charge in [0.2, 0.25) is 5.91 Å². The summed E-state index contributed by atoms with van der Waals surface area (Å²) in [6.07, 6.45) is 3.40. The molecule has 0 N–H and O–H groups in total. The average molecular weight is 444 g/mol. The predicted molar refractivity (Wildman–Crippen MR) is 127 cm³/mol. The van der Waals surface area contributed by atoms with Gasteiger partial charge in [-0.25, -0.2) is 0 Å². The summed E-state index contributed by atoms with van der Waals surface area (Å²) in [6, 6.07) is 15.9. The van der Waals surface area contributed by atoms with Crippen molar-refractivity contribution in [3.05, 3.63) is 59.1 Å². The second kappa shape index (κ2) is 10.5. The summed E-state index contributed by atoms with van der Waals surface area (Å²) in [7, 11) is 1.69. The monoisotopic (exact) mass is 443 g/mol. The number of rotatable bonds is 8. The molecule has 1 fully saturated rings. The Bertz CT molecular complexity index is 848. The molecule has 1 saturated heterocycles. The van der Waals surface area contributed by atoms with Gasteiger partial charge in [0.15, 0.2) is 0 Å². The number of hydrogen-bond donors (Lipinski definition) is 0. The smallest absolute Gasteiger partial charge is 0.226 e. The van der Waals surface area contributed by atoms with Crippen LogP contribution >= 0.6 is 11.6 Å². The van der Waals surface area contributed by atoms with Crippen LogP contribution in [0.15, 0.2) is 48.5 Å². The van der Waals surface area contributed by atoms with Crippen LogP contribution in [0, 0.1) is 5.92 Å². The first-order valence-electron chi connectivity index (χ1n) is 11.2. The van der Waals surface area contributed by atoms with Gasteiger partial charge in [-0.1, -0.05) is 30.7 Å². The minimum atomic E-state index is -0.122. The highest BCUT2D eigenvalue weighted by atomic mass is 35.5. The normalized spacial score (nSPS) is 18.9. The first-order chi connectivity index (χ1) is 14.8. The van der Waals surface area contributed by atoms with Crippen LogP contribution in [0.2, 0.25) is 5.02 Å². The highest BCUT2D eigenvalue weighted by Crippen LogP contribution is 2.40. The van der Waals surface area contributed by atoms with E-state index in [1.165, 1.54) is 5.56 Å². The highest BCUT2D eigenvalue weighted by molar-refractivity contribution is 6.30. The zero-order valence-corrected chi connectivity index (χ0v) is 19.8. The van der Waals surface area contributed by atoms with Gasteiger partial charge >= 0.3 is 0 Å². The molecule has 1 aliphatic rings. The molecule has 2 aromatic carbocycles. The number of methoxy groups -OCH3 is 1. The summed E-state index contributed by atoms with van der Waals surface area (Å²) in [5, 5.41) is 0.674. The fraction of sp³-hybridized carbons (Fsp3) is 0.500. The van der Waals surface area contributed by atoms with E-state index in [4.69, 9.17) is 21.1 Å². The Kier molecular flexibility index (Phi) is 8.01. The van der Waals surface area contributed by atoms with E-state index < -0.39 is 0 Å². The molecule has 1 heterocycles. The van der Waals surface area contributed by atoms with Crippen molar-refractivity contribution in [1.29, 1.82) is 0 Å². The number of ether oxygens (including phenoxy) is 2. The maximum atomic E-state index is 12.8. The quantitative estimate of drug-likeness (QED) is 0.469. The lowest BCUT2D eigenvalue weighted by Crippen LogP contribution is -2.38. The van der Waals surface area contributed by atoms with Crippen LogP contribution < -0.4 is 9.64 Å². The first-order valence-corrected chi connectivity index (χ1v) is 11.5. The molecule has 0 bridgehead atoms. The van der Waals surface area contributed by atoms with Crippen molar-refractivity contribution in [3.63, 3.8) is 0 Å². The van der Waals surface area contributed by atoms with Crippen molar-refractivity contribution < 1.29 is 14.3 Å². The van der Waals surface area contributed by atoms with E-state index in [1.54, 1.807) is 7.11 Å². The van der Waals surface area contributed by atoms with Crippen LogP contribution in [-0.4, -0.2) is 31.8 Å².